The molecule has 92 valence electrons. The van der Waals surface area contributed by atoms with Crippen molar-refractivity contribution in [2.75, 3.05) is 12.5 Å². The molecule has 0 saturated heterocycles. The zero-order valence-corrected chi connectivity index (χ0v) is 10.5. The lowest BCUT2D eigenvalue weighted by Crippen LogP contribution is -2.01. The molecule has 0 amide bonds. The first-order valence-electron chi connectivity index (χ1n) is 3.00. The predicted octanol–water partition coefficient (Wildman–Crippen LogP) is -0.167. The first-order valence-corrected chi connectivity index (χ1v) is 6.85. The van der Waals surface area contributed by atoms with Gasteiger partial charge >= 0.3 is 10.4 Å². The van der Waals surface area contributed by atoms with Crippen LogP contribution in [0.2, 0.25) is 0 Å². The van der Waals surface area contributed by atoms with Gasteiger partial charge in [0, 0.05) is 0 Å². The highest BCUT2D eigenvalue weighted by Gasteiger charge is 1.84. The van der Waals surface area contributed by atoms with Crippen molar-refractivity contribution in [2.24, 2.45) is 11.5 Å². The van der Waals surface area contributed by atoms with Gasteiger partial charge in [-0.25, -0.2) is 0 Å². The van der Waals surface area contributed by atoms with Crippen molar-refractivity contribution < 1.29 is 17.5 Å². The van der Waals surface area contributed by atoms with E-state index in [-0.39, 0.29) is 10.3 Å². The van der Waals surface area contributed by atoms with Crippen LogP contribution in [0.5, 0.6) is 0 Å². The summed E-state index contributed by atoms with van der Waals surface area (Å²) in [6.07, 6.45) is 3.53. The van der Waals surface area contributed by atoms with Crippen molar-refractivity contribution in [3.63, 3.8) is 0 Å². The molecule has 0 aromatic rings. The van der Waals surface area contributed by atoms with Gasteiger partial charge in [0.1, 0.15) is 0 Å². The van der Waals surface area contributed by atoms with Crippen molar-refractivity contribution in [3.05, 3.63) is 0 Å². The van der Waals surface area contributed by atoms with Crippen molar-refractivity contribution in [2.45, 2.75) is 0 Å². The molecule has 0 radical (unpaired) electrons. The van der Waals surface area contributed by atoms with Crippen LogP contribution in [-0.4, -0.2) is 40.4 Å². The Bertz CT molecular complexity index is 256. The van der Waals surface area contributed by atoms with Crippen molar-refractivity contribution in [3.8, 4) is 0 Å². The van der Waals surface area contributed by atoms with Crippen molar-refractivity contribution in [1.82, 2.24) is 0 Å². The molecule has 0 fully saturated rings. The summed E-state index contributed by atoms with van der Waals surface area (Å²) in [5, 5.41) is 13.3. The van der Waals surface area contributed by atoms with Crippen LogP contribution < -0.4 is 11.5 Å². The van der Waals surface area contributed by atoms with E-state index in [1.54, 1.807) is 12.5 Å². The van der Waals surface area contributed by atoms with Crippen LogP contribution in [-0.2, 0) is 10.4 Å². The molecule has 0 aliphatic carbocycles. The number of hydrogen-bond donors (Lipinski definition) is 6. The Labute approximate surface area is 96.8 Å². The van der Waals surface area contributed by atoms with Gasteiger partial charge in [0.05, 0.1) is 0 Å². The minimum Gasteiger partial charge on any atom is -0.379 e. The maximum absolute atomic E-state index is 8.74. The maximum Gasteiger partial charge on any atom is 0.394 e. The molecule has 0 bridgehead atoms. The fraction of sp³-hybridized carbons (Fsp3) is 0.500. The highest BCUT2D eigenvalue weighted by atomic mass is 32.3. The van der Waals surface area contributed by atoms with Gasteiger partial charge in [-0.2, -0.15) is 8.42 Å². The summed E-state index contributed by atoms with van der Waals surface area (Å²) in [6, 6.07) is 0. The standard InChI is InChI=1S/2C2H6N2S.H2O4S/c2*1-5-2(3)4;1-5(2,3)4/h2*1H3,(H3,3,4);(H2,1,2,3,4). The molecule has 11 heteroatoms. The van der Waals surface area contributed by atoms with Gasteiger partial charge < -0.3 is 11.5 Å². The molecule has 8 N–H and O–H groups in total. The second-order valence-corrected chi connectivity index (χ2v) is 4.18. The normalized spacial score (nSPS) is 8.80. The van der Waals surface area contributed by atoms with E-state index in [0.29, 0.717) is 0 Å². The minimum absolute atomic E-state index is 0.171. The molecule has 0 unspecified atom stereocenters. The largest absolute Gasteiger partial charge is 0.394 e. The SMILES string of the molecule is CSC(=N)N.CSC(=N)N.O=S(=O)(O)O. The van der Waals surface area contributed by atoms with Crippen molar-refractivity contribution in [1.29, 1.82) is 10.8 Å². The van der Waals surface area contributed by atoms with Gasteiger partial charge in [-0.1, -0.05) is 23.5 Å². The lowest BCUT2D eigenvalue weighted by atomic mass is 11.4. The number of hydrogen-bond acceptors (Lipinski definition) is 6. The third-order valence-corrected chi connectivity index (χ3v) is 1.32. The van der Waals surface area contributed by atoms with Gasteiger partial charge in [0.25, 0.3) is 0 Å². The molecular weight excluding hydrogens is 264 g/mol. The Balaban J connectivity index is -0.000000144. The zero-order valence-electron chi connectivity index (χ0n) is 8.09. The molecular formula is C4H14N4O4S3. The molecule has 8 nitrogen and oxygen atoms in total. The summed E-state index contributed by atoms with van der Waals surface area (Å²) in [6.45, 7) is 0. The van der Waals surface area contributed by atoms with Crippen LogP contribution in [0, 0.1) is 10.8 Å². The second kappa shape index (κ2) is 11.6. The summed E-state index contributed by atoms with van der Waals surface area (Å²) in [5.74, 6) is 0. The molecule has 0 aliphatic heterocycles. The number of rotatable bonds is 0. The van der Waals surface area contributed by atoms with Crippen LogP contribution in [0.1, 0.15) is 0 Å². The summed E-state index contributed by atoms with van der Waals surface area (Å²) < 4.78 is 31.6. The third-order valence-electron chi connectivity index (χ3n) is 0.440. The first kappa shape index (κ1) is 20.0. The van der Waals surface area contributed by atoms with E-state index in [9.17, 15) is 0 Å². The number of amidine groups is 2. The smallest absolute Gasteiger partial charge is 0.379 e. The lowest BCUT2D eigenvalue weighted by Gasteiger charge is -1.78. The Morgan fingerprint density at radius 1 is 1.07 bits per heavy atom. The molecule has 0 saturated carbocycles. The monoisotopic (exact) mass is 278 g/mol. The third kappa shape index (κ3) is 145. The highest BCUT2D eigenvalue weighted by molar-refractivity contribution is 8.13. The summed E-state index contributed by atoms with van der Waals surface area (Å²) in [4.78, 5) is 0. The molecule has 0 aliphatic rings. The number of nitrogens with one attached hydrogen (secondary N) is 2. The minimum atomic E-state index is -4.67. The lowest BCUT2D eigenvalue weighted by molar-refractivity contribution is 0.381. The highest BCUT2D eigenvalue weighted by Crippen LogP contribution is 1.83. The molecule has 0 aromatic carbocycles. The molecule has 15 heavy (non-hydrogen) atoms. The average Bonchev–Trinajstić information content (AvgIpc) is 2.02. The topological polar surface area (TPSA) is 174 Å². The quantitative estimate of drug-likeness (QED) is 0.201. The summed E-state index contributed by atoms with van der Waals surface area (Å²) >= 11 is 2.48. The maximum atomic E-state index is 8.74. The summed E-state index contributed by atoms with van der Waals surface area (Å²) in [5.41, 5.74) is 9.68. The molecule has 0 aromatic heterocycles. The Hall–Kier alpha value is -0.490. The predicted molar refractivity (Wildman–Crippen MR) is 65.0 cm³/mol. The van der Waals surface area contributed by atoms with E-state index in [1.165, 1.54) is 23.5 Å². The van der Waals surface area contributed by atoms with Crippen LogP contribution in [0.3, 0.4) is 0 Å². The fourth-order valence-corrected chi connectivity index (χ4v) is 0. The van der Waals surface area contributed by atoms with Gasteiger partial charge in [-0.3, -0.25) is 19.9 Å². The van der Waals surface area contributed by atoms with Crippen LogP contribution >= 0.6 is 23.5 Å². The zero-order chi connectivity index (χ0) is 13.1. The first-order chi connectivity index (χ1) is 6.54. The number of thioether (sulfide) groups is 2. The van der Waals surface area contributed by atoms with Crippen LogP contribution in [0.25, 0.3) is 0 Å². The summed E-state index contributed by atoms with van der Waals surface area (Å²) in [7, 11) is -4.67. The van der Waals surface area contributed by atoms with E-state index in [0.717, 1.165) is 0 Å². The molecule has 0 atom stereocenters. The Morgan fingerprint density at radius 2 is 1.13 bits per heavy atom. The van der Waals surface area contributed by atoms with E-state index < -0.39 is 10.4 Å². The second-order valence-electron chi connectivity index (χ2n) is 1.58. The Morgan fingerprint density at radius 3 is 1.13 bits per heavy atom. The van der Waals surface area contributed by atoms with E-state index in [2.05, 4.69) is 0 Å². The molecule has 0 rings (SSSR count). The van der Waals surface area contributed by atoms with E-state index >= 15 is 0 Å². The van der Waals surface area contributed by atoms with E-state index in [4.69, 9.17) is 39.8 Å². The molecule has 0 spiro atoms. The Kier molecular flexibility index (Phi) is 15.4. The van der Waals surface area contributed by atoms with E-state index in [1.807, 2.05) is 0 Å². The average molecular weight is 278 g/mol. The van der Waals surface area contributed by atoms with Crippen LogP contribution in [0.4, 0.5) is 0 Å². The van der Waals surface area contributed by atoms with Crippen molar-refractivity contribution >= 4 is 44.3 Å². The van der Waals surface area contributed by atoms with Gasteiger partial charge in [0.15, 0.2) is 10.3 Å². The van der Waals surface area contributed by atoms with Crippen LogP contribution in [0.15, 0.2) is 0 Å². The molecule has 0 heterocycles. The van der Waals surface area contributed by atoms with Gasteiger partial charge in [0.2, 0.25) is 0 Å². The number of nitrogens with two attached hydrogens (primary N) is 2. The van der Waals surface area contributed by atoms with Gasteiger partial charge in [-0.05, 0) is 12.5 Å². The van der Waals surface area contributed by atoms with Gasteiger partial charge in [-0.15, -0.1) is 0 Å². The fourth-order valence-electron chi connectivity index (χ4n) is 0.